The SMILES string of the molecule is c1ccc(-n2c3ccccc3c3cc(-c4cccc5c4c4c6c7ccccc7n(-c7ccccc7)c6ccc4n5-c4ccccc4)ccc32)cc1. The van der Waals surface area contributed by atoms with Crippen LogP contribution in [-0.4, -0.2) is 13.7 Å². The van der Waals surface area contributed by atoms with Crippen molar-refractivity contribution in [1.29, 1.82) is 0 Å². The van der Waals surface area contributed by atoms with E-state index in [1.807, 2.05) is 0 Å². The summed E-state index contributed by atoms with van der Waals surface area (Å²) in [6, 6.07) is 68.3. The Hall–Kier alpha value is -6.84. The monoisotopic (exact) mass is 649 g/mol. The van der Waals surface area contributed by atoms with Crippen LogP contribution < -0.4 is 0 Å². The van der Waals surface area contributed by atoms with E-state index in [2.05, 4.69) is 202 Å². The van der Waals surface area contributed by atoms with Crippen LogP contribution in [0.3, 0.4) is 0 Å². The lowest BCUT2D eigenvalue weighted by Crippen LogP contribution is -1.94. The van der Waals surface area contributed by atoms with Gasteiger partial charge in [0.2, 0.25) is 0 Å². The average Bonchev–Trinajstić information content (AvgIpc) is 3.84. The molecule has 8 aromatic carbocycles. The molecule has 3 nitrogen and oxygen atoms in total. The maximum Gasteiger partial charge on any atom is 0.0549 e. The third-order valence-corrected chi connectivity index (χ3v) is 10.6. The van der Waals surface area contributed by atoms with Crippen molar-refractivity contribution in [2.45, 2.75) is 0 Å². The zero-order valence-corrected chi connectivity index (χ0v) is 27.7. The second kappa shape index (κ2) is 10.8. The van der Waals surface area contributed by atoms with Crippen molar-refractivity contribution < 1.29 is 0 Å². The van der Waals surface area contributed by atoms with Crippen LogP contribution in [0.15, 0.2) is 188 Å². The average molecular weight is 650 g/mol. The standard InChI is InChI=1S/C48H31N3/c1-4-15-33(16-5-1)49-40-24-12-10-21-37(40)39-31-32(27-28-42(39)49)36-23-14-26-43-46(36)48-45(51(43)35-19-8-3-9-20-35)30-29-44-47(48)38-22-11-13-25-41(38)50(44)34-17-6-2-7-18-34/h1-31H. The van der Waals surface area contributed by atoms with Crippen LogP contribution in [0.4, 0.5) is 0 Å². The first-order valence-corrected chi connectivity index (χ1v) is 17.5. The predicted molar refractivity (Wildman–Crippen MR) is 215 cm³/mol. The molecule has 0 aliphatic rings. The quantitative estimate of drug-likeness (QED) is 0.180. The number of aromatic nitrogens is 3. The molecule has 0 aliphatic heterocycles. The Kier molecular flexibility index (Phi) is 5.96. The van der Waals surface area contributed by atoms with E-state index >= 15 is 0 Å². The Morgan fingerprint density at radius 3 is 1.33 bits per heavy atom. The van der Waals surface area contributed by atoms with E-state index in [4.69, 9.17) is 0 Å². The van der Waals surface area contributed by atoms with E-state index in [-0.39, 0.29) is 0 Å². The normalized spacial score (nSPS) is 11.9. The van der Waals surface area contributed by atoms with Crippen LogP contribution in [0.5, 0.6) is 0 Å². The van der Waals surface area contributed by atoms with E-state index in [9.17, 15) is 0 Å². The second-order valence-corrected chi connectivity index (χ2v) is 13.3. The minimum absolute atomic E-state index is 1.15. The van der Waals surface area contributed by atoms with Crippen molar-refractivity contribution in [2.75, 3.05) is 0 Å². The molecule has 238 valence electrons. The molecule has 0 saturated carbocycles. The smallest absolute Gasteiger partial charge is 0.0549 e. The molecule has 0 amide bonds. The third kappa shape index (κ3) is 4.00. The highest BCUT2D eigenvalue weighted by molar-refractivity contribution is 6.31. The van der Waals surface area contributed by atoms with Crippen molar-refractivity contribution in [3.8, 4) is 28.2 Å². The van der Waals surface area contributed by atoms with Crippen LogP contribution in [0, 0.1) is 0 Å². The number of benzene rings is 8. The lowest BCUT2D eigenvalue weighted by molar-refractivity contribution is 1.17. The van der Waals surface area contributed by atoms with E-state index in [0.717, 1.165) is 11.4 Å². The number of para-hydroxylation sites is 5. The molecule has 0 radical (unpaired) electrons. The summed E-state index contributed by atoms with van der Waals surface area (Å²) in [4.78, 5) is 0. The van der Waals surface area contributed by atoms with Gasteiger partial charge in [-0.2, -0.15) is 0 Å². The van der Waals surface area contributed by atoms with Gasteiger partial charge in [0.25, 0.3) is 0 Å². The summed E-state index contributed by atoms with van der Waals surface area (Å²) in [5.74, 6) is 0. The second-order valence-electron chi connectivity index (χ2n) is 13.3. The largest absolute Gasteiger partial charge is 0.309 e. The van der Waals surface area contributed by atoms with Gasteiger partial charge < -0.3 is 13.7 Å². The van der Waals surface area contributed by atoms with E-state index < -0.39 is 0 Å². The molecule has 0 saturated heterocycles. The summed E-state index contributed by atoms with van der Waals surface area (Å²) in [5, 5.41) is 7.58. The summed E-state index contributed by atoms with van der Waals surface area (Å²) in [6.45, 7) is 0. The summed E-state index contributed by atoms with van der Waals surface area (Å²) < 4.78 is 7.25. The first-order chi connectivity index (χ1) is 25.3. The fourth-order valence-corrected chi connectivity index (χ4v) is 8.55. The van der Waals surface area contributed by atoms with Crippen molar-refractivity contribution in [2.24, 2.45) is 0 Å². The van der Waals surface area contributed by atoms with Crippen molar-refractivity contribution in [1.82, 2.24) is 13.7 Å². The summed E-state index contributed by atoms with van der Waals surface area (Å²) >= 11 is 0. The maximum absolute atomic E-state index is 2.45. The van der Waals surface area contributed by atoms with Crippen LogP contribution in [0.1, 0.15) is 0 Å². The Labute approximate surface area is 294 Å². The first kappa shape index (κ1) is 28.0. The van der Waals surface area contributed by atoms with Gasteiger partial charge in [0.15, 0.2) is 0 Å². The van der Waals surface area contributed by atoms with Crippen LogP contribution in [-0.2, 0) is 0 Å². The fraction of sp³-hybridized carbons (Fsp3) is 0. The van der Waals surface area contributed by atoms with Gasteiger partial charge in [0.05, 0.1) is 33.1 Å². The van der Waals surface area contributed by atoms with E-state index in [0.29, 0.717) is 0 Å². The lowest BCUT2D eigenvalue weighted by Gasteiger charge is -2.10. The molecule has 11 rings (SSSR count). The predicted octanol–water partition coefficient (Wildman–Crippen LogP) is 12.6. The number of hydrogen-bond acceptors (Lipinski definition) is 0. The molecule has 11 aromatic rings. The van der Waals surface area contributed by atoms with Gasteiger partial charge in [-0.1, -0.05) is 109 Å². The molecular weight excluding hydrogens is 619 g/mol. The molecule has 51 heavy (non-hydrogen) atoms. The number of nitrogens with zero attached hydrogens (tertiary/aromatic N) is 3. The van der Waals surface area contributed by atoms with Gasteiger partial charge in [-0.15, -0.1) is 0 Å². The third-order valence-electron chi connectivity index (χ3n) is 10.6. The molecule has 3 heteroatoms. The topological polar surface area (TPSA) is 14.8 Å². The molecule has 0 fully saturated rings. The Morgan fingerprint density at radius 2 is 0.686 bits per heavy atom. The number of hydrogen-bond donors (Lipinski definition) is 0. The van der Waals surface area contributed by atoms with Crippen molar-refractivity contribution in [3.05, 3.63) is 188 Å². The fourth-order valence-electron chi connectivity index (χ4n) is 8.55. The summed E-state index contributed by atoms with van der Waals surface area (Å²) in [5.41, 5.74) is 13.2. The van der Waals surface area contributed by atoms with Gasteiger partial charge >= 0.3 is 0 Å². The van der Waals surface area contributed by atoms with Gasteiger partial charge in [-0.05, 0) is 90.0 Å². The molecule has 3 aromatic heterocycles. The minimum Gasteiger partial charge on any atom is -0.309 e. The van der Waals surface area contributed by atoms with Crippen molar-refractivity contribution in [3.63, 3.8) is 0 Å². The molecular formula is C48H31N3. The van der Waals surface area contributed by atoms with E-state index in [1.165, 1.54) is 82.2 Å². The molecule has 3 heterocycles. The first-order valence-electron chi connectivity index (χ1n) is 17.5. The Balaban J connectivity index is 1.29. The maximum atomic E-state index is 2.45. The molecule has 0 atom stereocenters. The Morgan fingerprint density at radius 1 is 0.255 bits per heavy atom. The highest BCUT2D eigenvalue weighted by atomic mass is 15.0. The molecule has 0 bridgehead atoms. The van der Waals surface area contributed by atoms with Crippen LogP contribution in [0.25, 0.3) is 93.6 Å². The van der Waals surface area contributed by atoms with Gasteiger partial charge in [0, 0.05) is 49.4 Å². The zero-order chi connectivity index (χ0) is 33.5. The summed E-state index contributed by atoms with van der Waals surface area (Å²) in [6.07, 6.45) is 0. The van der Waals surface area contributed by atoms with Gasteiger partial charge in [-0.3, -0.25) is 0 Å². The zero-order valence-electron chi connectivity index (χ0n) is 27.7. The molecule has 0 unspecified atom stereocenters. The summed E-state index contributed by atoms with van der Waals surface area (Å²) in [7, 11) is 0. The highest BCUT2D eigenvalue weighted by Crippen LogP contribution is 2.46. The number of rotatable bonds is 4. The van der Waals surface area contributed by atoms with Crippen molar-refractivity contribution >= 4 is 65.4 Å². The van der Waals surface area contributed by atoms with E-state index in [1.54, 1.807) is 0 Å². The minimum atomic E-state index is 1.15. The van der Waals surface area contributed by atoms with Crippen LogP contribution in [0.2, 0.25) is 0 Å². The lowest BCUT2D eigenvalue weighted by atomic mass is 9.96. The van der Waals surface area contributed by atoms with Crippen LogP contribution >= 0.6 is 0 Å². The van der Waals surface area contributed by atoms with Gasteiger partial charge in [-0.25, -0.2) is 0 Å². The molecule has 0 aliphatic carbocycles. The number of fused-ring (bicyclic) bond motifs is 10. The molecule has 0 N–H and O–H groups in total. The van der Waals surface area contributed by atoms with Gasteiger partial charge in [0.1, 0.15) is 0 Å². The highest BCUT2D eigenvalue weighted by Gasteiger charge is 2.23. The Bertz CT molecular complexity index is 3110. The molecule has 0 spiro atoms.